The Kier molecular flexibility index (Phi) is 5.72. The Balaban J connectivity index is 1.41. The summed E-state index contributed by atoms with van der Waals surface area (Å²) in [5.41, 5.74) is 3.16. The van der Waals surface area contributed by atoms with Gasteiger partial charge in [-0.15, -0.1) is 0 Å². The third kappa shape index (κ3) is 4.61. The largest absolute Gasteiger partial charge is 0.497 e. The van der Waals surface area contributed by atoms with E-state index in [1.807, 2.05) is 24.4 Å². The summed E-state index contributed by atoms with van der Waals surface area (Å²) in [6.45, 7) is 3.05. The SMILES string of the molecule is COc1ccc(CN2CCC[C@@H](c3ccnc(Nc4cncnc4)n3)C2)cc1. The number of ether oxygens (including phenoxy) is 1. The smallest absolute Gasteiger partial charge is 0.227 e. The fourth-order valence-corrected chi connectivity index (χ4v) is 3.58. The summed E-state index contributed by atoms with van der Waals surface area (Å²) in [7, 11) is 1.69. The number of piperidine rings is 1. The molecule has 1 atom stereocenters. The van der Waals surface area contributed by atoms with Gasteiger partial charge in [0.2, 0.25) is 5.95 Å². The molecule has 0 radical (unpaired) electrons. The average Bonchev–Trinajstić information content (AvgIpc) is 2.75. The molecule has 1 N–H and O–H groups in total. The quantitative estimate of drug-likeness (QED) is 0.706. The van der Waals surface area contributed by atoms with Gasteiger partial charge in [-0.25, -0.2) is 19.9 Å². The number of rotatable bonds is 6. The van der Waals surface area contributed by atoms with Gasteiger partial charge in [-0.1, -0.05) is 12.1 Å². The lowest BCUT2D eigenvalue weighted by Crippen LogP contribution is -2.34. The highest BCUT2D eigenvalue weighted by Crippen LogP contribution is 2.27. The highest BCUT2D eigenvalue weighted by Gasteiger charge is 2.23. The molecule has 28 heavy (non-hydrogen) atoms. The van der Waals surface area contributed by atoms with Gasteiger partial charge in [0.25, 0.3) is 0 Å². The molecular formula is C21H24N6O. The maximum Gasteiger partial charge on any atom is 0.227 e. The summed E-state index contributed by atoms with van der Waals surface area (Å²) < 4.78 is 5.25. The third-order valence-electron chi connectivity index (χ3n) is 4.98. The summed E-state index contributed by atoms with van der Waals surface area (Å²) in [4.78, 5) is 19.6. The first-order valence-electron chi connectivity index (χ1n) is 9.50. The van der Waals surface area contributed by atoms with E-state index in [0.717, 1.165) is 43.2 Å². The molecule has 0 bridgehead atoms. The number of benzene rings is 1. The lowest BCUT2D eigenvalue weighted by Gasteiger charge is -2.32. The zero-order chi connectivity index (χ0) is 19.2. The van der Waals surface area contributed by atoms with E-state index in [2.05, 4.69) is 37.3 Å². The highest BCUT2D eigenvalue weighted by atomic mass is 16.5. The number of hydrogen-bond donors (Lipinski definition) is 1. The van der Waals surface area contributed by atoms with E-state index in [9.17, 15) is 0 Å². The summed E-state index contributed by atoms with van der Waals surface area (Å²) in [6.07, 6.45) is 9.05. The van der Waals surface area contributed by atoms with Crippen LogP contribution in [0.4, 0.5) is 11.6 Å². The Bertz CT molecular complexity index is 887. The first-order chi connectivity index (χ1) is 13.8. The van der Waals surface area contributed by atoms with Gasteiger partial charge in [0.15, 0.2) is 0 Å². The van der Waals surface area contributed by atoms with Crippen LogP contribution in [0.15, 0.2) is 55.2 Å². The van der Waals surface area contributed by atoms with Crippen LogP contribution in [0.2, 0.25) is 0 Å². The van der Waals surface area contributed by atoms with E-state index in [0.29, 0.717) is 11.9 Å². The van der Waals surface area contributed by atoms with Crippen LogP contribution in [0, 0.1) is 0 Å². The van der Waals surface area contributed by atoms with Crippen molar-refractivity contribution in [1.82, 2.24) is 24.8 Å². The Morgan fingerprint density at radius 3 is 2.75 bits per heavy atom. The minimum Gasteiger partial charge on any atom is -0.497 e. The molecular weight excluding hydrogens is 352 g/mol. The molecule has 144 valence electrons. The maximum absolute atomic E-state index is 5.25. The number of aromatic nitrogens is 4. The molecule has 1 aliphatic rings. The second-order valence-electron chi connectivity index (χ2n) is 6.98. The molecule has 0 saturated carbocycles. The standard InChI is InChI=1S/C21H24N6O/c1-28-19-6-4-16(5-7-19)13-27-10-2-3-17(14-27)20-8-9-24-21(26-20)25-18-11-22-15-23-12-18/h4-9,11-12,15,17H,2-3,10,13-14H2,1H3,(H,24,25,26)/t17-/m1/s1. The number of nitrogens with zero attached hydrogens (tertiary/aromatic N) is 5. The van der Waals surface area contributed by atoms with E-state index in [-0.39, 0.29) is 0 Å². The number of likely N-dealkylation sites (tertiary alicyclic amines) is 1. The molecule has 1 saturated heterocycles. The van der Waals surface area contributed by atoms with E-state index in [4.69, 9.17) is 9.72 Å². The number of nitrogens with one attached hydrogen (secondary N) is 1. The van der Waals surface area contributed by atoms with Gasteiger partial charge in [0.05, 0.1) is 30.9 Å². The second kappa shape index (κ2) is 8.75. The van der Waals surface area contributed by atoms with Gasteiger partial charge in [-0.3, -0.25) is 4.90 Å². The molecule has 7 nitrogen and oxygen atoms in total. The monoisotopic (exact) mass is 376 g/mol. The fourth-order valence-electron chi connectivity index (χ4n) is 3.58. The number of methoxy groups -OCH3 is 1. The van der Waals surface area contributed by atoms with Crippen molar-refractivity contribution in [3.05, 3.63) is 66.5 Å². The third-order valence-corrected chi connectivity index (χ3v) is 4.98. The van der Waals surface area contributed by atoms with Crippen LogP contribution in [0.3, 0.4) is 0 Å². The maximum atomic E-state index is 5.25. The van der Waals surface area contributed by atoms with E-state index < -0.39 is 0 Å². The second-order valence-corrected chi connectivity index (χ2v) is 6.98. The minimum absolute atomic E-state index is 0.405. The Morgan fingerprint density at radius 2 is 1.96 bits per heavy atom. The lowest BCUT2D eigenvalue weighted by atomic mass is 9.94. The van der Waals surface area contributed by atoms with Crippen LogP contribution >= 0.6 is 0 Å². The molecule has 0 unspecified atom stereocenters. The van der Waals surface area contributed by atoms with E-state index >= 15 is 0 Å². The molecule has 0 aliphatic carbocycles. The van der Waals surface area contributed by atoms with Crippen molar-refractivity contribution in [3.8, 4) is 5.75 Å². The topological polar surface area (TPSA) is 76.1 Å². The zero-order valence-corrected chi connectivity index (χ0v) is 16.0. The van der Waals surface area contributed by atoms with Crippen LogP contribution in [0.1, 0.15) is 30.0 Å². The Labute approximate surface area is 164 Å². The van der Waals surface area contributed by atoms with Crippen molar-refractivity contribution in [1.29, 1.82) is 0 Å². The first kappa shape index (κ1) is 18.3. The minimum atomic E-state index is 0.405. The molecule has 4 rings (SSSR count). The number of anilines is 2. The highest BCUT2D eigenvalue weighted by molar-refractivity contribution is 5.49. The van der Waals surface area contributed by atoms with Gasteiger partial charge < -0.3 is 10.1 Å². The fraction of sp³-hybridized carbons (Fsp3) is 0.333. The molecule has 1 fully saturated rings. The predicted octanol–water partition coefficient (Wildman–Crippen LogP) is 3.40. The molecule has 7 heteroatoms. The zero-order valence-electron chi connectivity index (χ0n) is 16.0. The van der Waals surface area contributed by atoms with Gasteiger partial charge in [-0.2, -0.15) is 0 Å². The van der Waals surface area contributed by atoms with Crippen LogP contribution < -0.4 is 10.1 Å². The lowest BCUT2D eigenvalue weighted by molar-refractivity contribution is 0.198. The molecule has 0 spiro atoms. The first-order valence-corrected chi connectivity index (χ1v) is 9.50. The van der Waals surface area contributed by atoms with Crippen LogP contribution in [-0.2, 0) is 6.54 Å². The van der Waals surface area contributed by atoms with Crippen LogP contribution in [0.25, 0.3) is 0 Å². The van der Waals surface area contributed by atoms with Crippen LogP contribution in [0.5, 0.6) is 5.75 Å². The molecule has 0 amide bonds. The normalized spacial score (nSPS) is 17.2. The van der Waals surface area contributed by atoms with E-state index in [1.54, 1.807) is 19.5 Å². The van der Waals surface area contributed by atoms with E-state index in [1.165, 1.54) is 18.3 Å². The van der Waals surface area contributed by atoms with Crippen molar-refractivity contribution in [3.63, 3.8) is 0 Å². The average molecular weight is 376 g/mol. The van der Waals surface area contributed by atoms with Crippen molar-refractivity contribution >= 4 is 11.6 Å². The number of hydrogen-bond acceptors (Lipinski definition) is 7. The Hall–Kier alpha value is -3.06. The van der Waals surface area contributed by atoms with Gasteiger partial charge >= 0.3 is 0 Å². The van der Waals surface area contributed by atoms with Crippen molar-refractivity contribution in [2.75, 3.05) is 25.5 Å². The molecule has 3 heterocycles. The van der Waals surface area contributed by atoms with Crippen molar-refractivity contribution in [2.24, 2.45) is 0 Å². The summed E-state index contributed by atoms with van der Waals surface area (Å²) in [6, 6.07) is 10.3. The summed E-state index contributed by atoms with van der Waals surface area (Å²) in [5.74, 6) is 1.88. The predicted molar refractivity (Wildman–Crippen MR) is 108 cm³/mol. The van der Waals surface area contributed by atoms with Gasteiger partial charge in [-0.05, 0) is 43.1 Å². The van der Waals surface area contributed by atoms with Crippen molar-refractivity contribution < 1.29 is 4.74 Å². The van der Waals surface area contributed by atoms with Crippen molar-refractivity contribution in [2.45, 2.75) is 25.3 Å². The molecule has 1 aromatic carbocycles. The van der Waals surface area contributed by atoms with Gasteiger partial charge in [0, 0.05) is 25.2 Å². The van der Waals surface area contributed by atoms with Gasteiger partial charge in [0.1, 0.15) is 12.1 Å². The summed E-state index contributed by atoms with van der Waals surface area (Å²) in [5, 5.41) is 3.17. The van der Waals surface area contributed by atoms with Crippen LogP contribution in [-0.4, -0.2) is 45.0 Å². The Morgan fingerprint density at radius 1 is 1.14 bits per heavy atom. The summed E-state index contributed by atoms with van der Waals surface area (Å²) >= 11 is 0. The molecule has 2 aromatic heterocycles. The molecule has 3 aromatic rings. The molecule has 1 aliphatic heterocycles.